The quantitative estimate of drug-likeness (QED) is 0.473. The summed E-state index contributed by atoms with van der Waals surface area (Å²) in [6.07, 6.45) is 0.809. The van der Waals surface area contributed by atoms with E-state index in [1.807, 2.05) is 19.1 Å². The summed E-state index contributed by atoms with van der Waals surface area (Å²) >= 11 is 0. The van der Waals surface area contributed by atoms with Crippen molar-refractivity contribution in [2.24, 2.45) is 10.9 Å². The molecule has 3 N–H and O–H groups in total. The van der Waals surface area contributed by atoms with Crippen molar-refractivity contribution in [1.82, 2.24) is 0 Å². The SMILES string of the molecule is CC(=NO)c1ccc(C)cc1CCN.Cl. The molecule has 84 valence electrons. The van der Waals surface area contributed by atoms with Crippen molar-refractivity contribution in [2.45, 2.75) is 20.3 Å². The summed E-state index contributed by atoms with van der Waals surface area (Å²) in [5.41, 5.74) is 9.47. The topological polar surface area (TPSA) is 58.6 Å². The maximum Gasteiger partial charge on any atom is 0.0839 e. The molecule has 0 bridgehead atoms. The molecule has 0 amide bonds. The predicted molar refractivity (Wildman–Crippen MR) is 65.2 cm³/mol. The van der Waals surface area contributed by atoms with Gasteiger partial charge in [-0.05, 0) is 32.4 Å². The molecule has 1 rings (SSSR count). The Labute approximate surface area is 96.4 Å². The highest BCUT2D eigenvalue weighted by Gasteiger charge is 2.05. The molecule has 0 spiro atoms. The number of aryl methyl sites for hydroxylation is 1. The Morgan fingerprint density at radius 2 is 2.13 bits per heavy atom. The Kier molecular flexibility index (Phi) is 5.97. The summed E-state index contributed by atoms with van der Waals surface area (Å²) in [6, 6.07) is 6.05. The molecule has 0 heterocycles. The van der Waals surface area contributed by atoms with E-state index in [2.05, 4.69) is 11.2 Å². The summed E-state index contributed by atoms with van der Waals surface area (Å²) in [7, 11) is 0. The van der Waals surface area contributed by atoms with E-state index in [0.29, 0.717) is 12.3 Å². The van der Waals surface area contributed by atoms with E-state index < -0.39 is 0 Å². The Morgan fingerprint density at radius 1 is 1.47 bits per heavy atom. The van der Waals surface area contributed by atoms with E-state index in [-0.39, 0.29) is 12.4 Å². The van der Waals surface area contributed by atoms with Crippen molar-refractivity contribution < 1.29 is 5.21 Å². The molecule has 0 aliphatic carbocycles. The summed E-state index contributed by atoms with van der Waals surface area (Å²) in [5.74, 6) is 0. The average molecular weight is 229 g/mol. The van der Waals surface area contributed by atoms with Crippen LogP contribution in [-0.4, -0.2) is 17.5 Å². The van der Waals surface area contributed by atoms with Gasteiger partial charge in [-0.2, -0.15) is 0 Å². The molecule has 0 unspecified atom stereocenters. The first-order chi connectivity index (χ1) is 6.69. The lowest BCUT2D eigenvalue weighted by Gasteiger charge is -2.08. The first kappa shape index (κ1) is 13.9. The van der Waals surface area contributed by atoms with Crippen molar-refractivity contribution in [3.63, 3.8) is 0 Å². The van der Waals surface area contributed by atoms with Gasteiger partial charge in [-0.25, -0.2) is 0 Å². The van der Waals surface area contributed by atoms with Gasteiger partial charge >= 0.3 is 0 Å². The largest absolute Gasteiger partial charge is 0.411 e. The van der Waals surface area contributed by atoms with Crippen molar-refractivity contribution in [2.75, 3.05) is 6.54 Å². The zero-order valence-electron chi connectivity index (χ0n) is 9.03. The first-order valence-corrected chi connectivity index (χ1v) is 4.67. The van der Waals surface area contributed by atoms with Gasteiger partial charge in [0.1, 0.15) is 0 Å². The van der Waals surface area contributed by atoms with E-state index in [0.717, 1.165) is 17.5 Å². The molecule has 0 aromatic heterocycles. The van der Waals surface area contributed by atoms with Crippen molar-refractivity contribution in [3.8, 4) is 0 Å². The number of hydrogen-bond acceptors (Lipinski definition) is 3. The molecule has 0 saturated carbocycles. The maximum absolute atomic E-state index is 8.71. The molecule has 0 saturated heterocycles. The van der Waals surface area contributed by atoms with Crippen LogP contribution in [0.1, 0.15) is 23.6 Å². The van der Waals surface area contributed by atoms with Gasteiger partial charge in [0.25, 0.3) is 0 Å². The number of rotatable bonds is 3. The third kappa shape index (κ3) is 3.53. The molecular formula is C11H17ClN2O. The second-order valence-electron chi connectivity index (χ2n) is 3.38. The van der Waals surface area contributed by atoms with Crippen LogP contribution in [0.25, 0.3) is 0 Å². The van der Waals surface area contributed by atoms with Crippen LogP contribution in [0.5, 0.6) is 0 Å². The van der Waals surface area contributed by atoms with Gasteiger partial charge < -0.3 is 10.9 Å². The number of halogens is 1. The van der Waals surface area contributed by atoms with Gasteiger partial charge in [0.2, 0.25) is 0 Å². The molecule has 15 heavy (non-hydrogen) atoms. The number of benzene rings is 1. The third-order valence-electron chi connectivity index (χ3n) is 2.21. The maximum atomic E-state index is 8.71. The van der Waals surface area contributed by atoms with Gasteiger partial charge in [-0.15, -0.1) is 12.4 Å². The van der Waals surface area contributed by atoms with Crippen molar-refractivity contribution >= 4 is 18.1 Å². The normalized spacial score (nSPS) is 11.0. The Morgan fingerprint density at radius 3 is 2.67 bits per heavy atom. The minimum atomic E-state index is 0. The second kappa shape index (κ2) is 6.43. The highest BCUT2D eigenvalue weighted by Crippen LogP contribution is 2.13. The van der Waals surface area contributed by atoms with Gasteiger partial charge in [0.05, 0.1) is 5.71 Å². The minimum Gasteiger partial charge on any atom is -0.411 e. The smallest absolute Gasteiger partial charge is 0.0839 e. The lowest BCUT2D eigenvalue weighted by atomic mass is 9.99. The molecular weight excluding hydrogens is 212 g/mol. The summed E-state index contributed by atoms with van der Waals surface area (Å²) in [4.78, 5) is 0. The van der Waals surface area contributed by atoms with E-state index >= 15 is 0 Å². The van der Waals surface area contributed by atoms with E-state index in [1.54, 1.807) is 6.92 Å². The second-order valence-corrected chi connectivity index (χ2v) is 3.38. The molecule has 0 fully saturated rings. The van der Waals surface area contributed by atoms with E-state index in [9.17, 15) is 0 Å². The molecule has 1 aromatic carbocycles. The number of oxime groups is 1. The fourth-order valence-electron chi connectivity index (χ4n) is 1.49. The number of hydrogen-bond donors (Lipinski definition) is 2. The van der Waals surface area contributed by atoms with Gasteiger partial charge in [-0.3, -0.25) is 0 Å². The third-order valence-corrected chi connectivity index (χ3v) is 2.21. The van der Waals surface area contributed by atoms with Crippen LogP contribution in [-0.2, 0) is 6.42 Å². The fraction of sp³-hybridized carbons (Fsp3) is 0.364. The van der Waals surface area contributed by atoms with E-state index in [4.69, 9.17) is 10.9 Å². The molecule has 0 radical (unpaired) electrons. The minimum absolute atomic E-state index is 0. The Balaban J connectivity index is 0.00000196. The molecule has 0 atom stereocenters. The van der Waals surface area contributed by atoms with Gasteiger partial charge in [-0.1, -0.05) is 28.9 Å². The first-order valence-electron chi connectivity index (χ1n) is 4.67. The lowest BCUT2D eigenvalue weighted by Crippen LogP contribution is -2.08. The lowest BCUT2D eigenvalue weighted by molar-refractivity contribution is 0.319. The summed E-state index contributed by atoms with van der Waals surface area (Å²) in [5, 5.41) is 11.9. The monoisotopic (exact) mass is 228 g/mol. The Hall–Kier alpha value is -1.06. The molecule has 0 aliphatic heterocycles. The molecule has 0 aliphatic rings. The zero-order chi connectivity index (χ0) is 10.6. The number of nitrogens with two attached hydrogens (primary N) is 1. The molecule has 4 heteroatoms. The average Bonchev–Trinajstić information content (AvgIpc) is 2.17. The summed E-state index contributed by atoms with van der Waals surface area (Å²) < 4.78 is 0. The van der Waals surface area contributed by atoms with Gasteiger partial charge in [0, 0.05) is 5.56 Å². The number of nitrogens with zero attached hydrogens (tertiary/aromatic N) is 1. The summed E-state index contributed by atoms with van der Waals surface area (Å²) in [6.45, 7) is 4.43. The van der Waals surface area contributed by atoms with Crippen LogP contribution in [0, 0.1) is 6.92 Å². The van der Waals surface area contributed by atoms with Crippen LogP contribution >= 0.6 is 12.4 Å². The highest BCUT2D eigenvalue weighted by molar-refractivity contribution is 5.99. The molecule has 3 nitrogen and oxygen atoms in total. The Bertz CT molecular complexity index is 350. The van der Waals surface area contributed by atoms with E-state index in [1.165, 1.54) is 5.56 Å². The predicted octanol–water partition coefficient (Wildman–Crippen LogP) is 2.12. The van der Waals surface area contributed by atoms with Crippen LogP contribution in [0.2, 0.25) is 0 Å². The van der Waals surface area contributed by atoms with Crippen molar-refractivity contribution in [3.05, 3.63) is 34.9 Å². The van der Waals surface area contributed by atoms with Crippen LogP contribution in [0.15, 0.2) is 23.4 Å². The standard InChI is InChI=1S/C11H16N2O.ClH/c1-8-3-4-11(9(2)13-14)10(7-8)5-6-12;/h3-4,7,14H,5-6,12H2,1-2H3;1H. The van der Waals surface area contributed by atoms with Crippen molar-refractivity contribution in [1.29, 1.82) is 0 Å². The fourth-order valence-corrected chi connectivity index (χ4v) is 1.49. The van der Waals surface area contributed by atoms with Crippen LogP contribution in [0.4, 0.5) is 0 Å². The highest BCUT2D eigenvalue weighted by atomic mass is 35.5. The van der Waals surface area contributed by atoms with Crippen LogP contribution < -0.4 is 5.73 Å². The van der Waals surface area contributed by atoms with Gasteiger partial charge in [0.15, 0.2) is 0 Å². The molecule has 1 aromatic rings. The van der Waals surface area contributed by atoms with Crippen LogP contribution in [0.3, 0.4) is 0 Å². The zero-order valence-corrected chi connectivity index (χ0v) is 9.84.